The fourth-order valence-corrected chi connectivity index (χ4v) is 3.40. The van der Waals surface area contributed by atoms with E-state index < -0.39 is 6.43 Å². The lowest BCUT2D eigenvalue weighted by Gasteiger charge is -2.31. The molecule has 7 nitrogen and oxygen atoms in total. The van der Waals surface area contributed by atoms with Gasteiger partial charge in [0.2, 0.25) is 0 Å². The first-order chi connectivity index (χ1) is 13.6. The molecule has 2 aromatic heterocycles. The van der Waals surface area contributed by atoms with Gasteiger partial charge in [0, 0.05) is 55.3 Å². The number of hydrogen-bond donors (Lipinski definition) is 0. The Labute approximate surface area is 162 Å². The van der Waals surface area contributed by atoms with Gasteiger partial charge in [-0.05, 0) is 13.0 Å². The maximum absolute atomic E-state index is 13.7. The number of halogens is 2. The number of ether oxygens (including phenoxy) is 2. The second-order valence-corrected chi connectivity index (χ2v) is 6.82. The quantitative estimate of drug-likeness (QED) is 0.793. The fourth-order valence-electron chi connectivity index (χ4n) is 3.40. The summed E-state index contributed by atoms with van der Waals surface area (Å²) in [6.07, 6.45) is -1.18. The average molecular weight is 391 g/mol. The Kier molecular flexibility index (Phi) is 5.63. The second kappa shape index (κ2) is 8.32. The molecular formula is C19H23F2N5O2. The average Bonchev–Trinajstić information content (AvgIpc) is 2.74. The van der Waals surface area contributed by atoms with Crippen LogP contribution in [0.4, 0.5) is 20.4 Å². The molecule has 2 aliphatic rings. The number of hydrogen-bond acceptors (Lipinski definition) is 7. The topological polar surface area (TPSA) is 63.6 Å². The summed E-state index contributed by atoms with van der Waals surface area (Å²) in [5.41, 5.74) is 0.710. The molecule has 2 fully saturated rings. The van der Waals surface area contributed by atoms with E-state index >= 15 is 0 Å². The largest absolute Gasteiger partial charge is 0.378 e. The summed E-state index contributed by atoms with van der Waals surface area (Å²) in [4.78, 5) is 17.6. The molecule has 0 unspecified atom stereocenters. The summed E-state index contributed by atoms with van der Waals surface area (Å²) in [6, 6.07) is 3.32. The number of anilines is 2. The highest BCUT2D eigenvalue weighted by Gasteiger charge is 2.23. The van der Waals surface area contributed by atoms with Gasteiger partial charge in [-0.25, -0.2) is 18.7 Å². The van der Waals surface area contributed by atoms with E-state index in [4.69, 9.17) is 9.47 Å². The van der Waals surface area contributed by atoms with E-state index in [1.54, 1.807) is 6.92 Å². The van der Waals surface area contributed by atoms with Crippen molar-refractivity contribution in [2.45, 2.75) is 13.3 Å². The van der Waals surface area contributed by atoms with Crippen LogP contribution in [0.1, 0.15) is 17.7 Å². The Bertz CT molecular complexity index is 788. The fraction of sp³-hybridized carbons (Fsp3) is 0.526. The van der Waals surface area contributed by atoms with Gasteiger partial charge >= 0.3 is 0 Å². The van der Waals surface area contributed by atoms with Crippen LogP contribution in [0.2, 0.25) is 0 Å². The zero-order chi connectivity index (χ0) is 19.5. The Morgan fingerprint density at radius 1 is 0.893 bits per heavy atom. The summed E-state index contributed by atoms with van der Waals surface area (Å²) >= 11 is 0. The van der Waals surface area contributed by atoms with Crippen molar-refractivity contribution in [2.24, 2.45) is 0 Å². The van der Waals surface area contributed by atoms with E-state index in [2.05, 4.69) is 24.8 Å². The third kappa shape index (κ3) is 4.05. The second-order valence-electron chi connectivity index (χ2n) is 6.82. The molecule has 2 aliphatic heterocycles. The van der Waals surface area contributed by atoms with Crippen LogP contribution < -0.4 is 9.80 Å². The van der Waals surface area contributed by atoms with E-state index in [-0.39, 0.29) is 17.0 Å². The first kappa shape index (κ1) is 18.9. The monoisotopic (exact) mass is 391 g/mol. The molecule has 0 saturated carbocycles. The van der Waals surface area contributed by atoms with Crippen LogP contribution in [0, 0.1) is 6.92 Å². The molecule has 0 amide bonds. The Morgan fingerprint density at radius 2 is 1.43 bits per heavy atom. The van der Waals surface area contributed by atoms with Gasteiger partial charge in [-0.1, -0.05) is 0 Å². The van der Waals surface area contributed by atoms with Gasteiger partial charge in [-0.15, -0.1) is 0 Å². The predicted octanol–water partition coefficient (Wildman–Crippen LogP) is 2.46. The minimum atomic E-state index is -2.63. The molecule has 0 atom stereocenters. The molecular weight excluding hydrogens is 368 g/mol. The number of alkyl halides is 2. The minimum absolute atomic E-state index is 0.0976. The Morgan fingerprint density at radius 3 is 1.93 bits per heavy atom. The molecule has 0 aromatic carbocycles. The first-order valence-electron chi connectivity index (χ1n) is 9.41. The van der Waals surface area contributed by atoms with Gasteiger partial charge in [-0.3, -0.25) is 4.98 Å². The van der Waals surface area contributed by atoms with Crippen molar-refractivity contribution in [3.05, 3.63) is 29.6 Å². The molecule has 9 heteroatoms. The van der Waals surface area contributed by atoms with E-state index in [1.165, 1.54) is 12.3 Å². The summed E-state index contributed by atoms with van der Waals surface area (Å²) in [6.45, 7) is 6.95. The highest BCUT2D eigenvalue weighted by atomic mass is 19.3. The zero-order valence-corrected chi connectivity index (χ0v) is 15.8. The van der Waals surface area contributed by atoms with Crippen molar-refractivity contribution in [3.63, 3.8) is 0 Å². The number of aryl methyl sites for hydroxylation is 1. The van der Waals surface area contributed by atoms with Crippen LogP contribution in [0.25, 0.3) is 11.4 Å². The Balaban J connectivity index is 1.79. The molecule has 0 bridgehead atoms. The normalized spacial score (nSPS) is 18.0. The molecule has 0 aliphatic carbocycles. The summed E-state index contributed by atoms with van der Waals surface area (Å²) < 4.78 is 38.2. The third-order valence-electron chi connectivity index (χ3n) is 4.92. The van der Waals surface area contributed by atoms with E-state index in [0.29, 0.717) is 58.3 Å². The molecule has 0 radical (unpaired) electrons. The number of rotatable bonds is 4. The molecule has 150 valence electrons. The molecule has 2 aromatic rings. The van der Waals surface area contributed by atoms with Crippen molar-refractivity contribution >= 4 is 11.6 Å². The molecule has 0 N–H and O–H groups in total. The number of morpholine rings is 2. The smallest absolute Gasteiger partial charge is 0.264 e. The lowest BCUT2D eigenvalue weighted by atomic mass is 10.1. The van der Waals surface area contributed by atoms with Crippen molar-refractivity contribution in [1.29, 1.82) is 0 Å². The van der Waals surface area contributed by atoms with Gasteiger partial charge in [0.05, 0.1) is 26.4 Å². The Hall–Kier alpha value is -2.39. The van der Waals surface area contributed by atoms with E-state index in [1.807, 2.05) is 6.07 Å². The summed E-state index contributed by atoms with van der Waals surface area (Å²) in [5, 5.41) is 0. The minimum Gasteiger partial charge on any atom is -0.378 e. The maximum atomic E-state index is 13.7. The van der Waals surface area contributed by atoms with Gasteiger partial charge in [0.15, 0.2) is 5.82 Å². The van der Waals surface area contributed by atoms with Crippen molar-refractivity contribution in [2.75, 3.05) is 62.4 Å². The molecule has 4 heterocycles. The van der Waals surface area contributed by atoms with Crippen molar-refractivity contribution < 1.29 is 18.3 Å². The molecule has 0 spiro atoms. The standard InChI is InChI=1S/C19H23F2N5O2/c1-13-10-14(18(20)21)15(12-22-13)19-23-16(25-2-6-27-7-3-25)11-17(24-19)26-4-8-28-9-5-26/h10-12,18H,2-9H2,1H3. The van der Waals surface area contributed by atoms with Gasteiger partial charge in [0.1, 0.15) is 11.6 Å². The zero-order valence-electron chi connectivity index (χ0n) is 15.8. The highest BCUT2D eigenvalue weighted by molar-refractivity contribution is 5.65. The van der Waals surface area contributed by atoms with Crippen molar-refractivity contribution in [3.8, 4) is 11.4 Å². The van der Waals surface area contributed by atoms with E-state index in [0.717, 1.165) is 11.6 Å². The van der Waals surface area contributed by atoms with Crippen LogP contribution >= 0.6 is 0 Å². The molecule has 4 rings (SSSR count). The SMILES string of the molecule is Cc1cc(C(F)F)c(-c2nc(N3CCOCC3)cc(N3CCOCC3)n2)cn1. The lowest BCUT2D eigenvalue weighted by Crippen LogP contribution is -2.39. The van der Waals surface area contributed by atoms with Crippen LogP contribution in [0.3, 0.4) is 0 Å². The van der Waals surface area contributed by atoms with Gasteiger partial charge < -0.3 is 19.3 Å². The summed E-state index contributed by atoms with van der Waals surface area (Å²) in [5.74, 6) is 1.71. The van der Waals surface area contributed by atoms with Crippen LogP contribution in [-0.2, 0) is 9.47 Å². The predicted molar refractivity (Wildman–Crippen MR) is 101 cm³/mol. The number of aromatic nitrogens is 3. The molecule has 28 heavy (non-hydrogen) atoms. The van der Waals surface area contributed by atoms with Crippen LogP contribution in [0.15, 0.2) is 18.3 Å². The number of nitrogens with zero attached hydrogens (tertiary/aromatic N) is 5. The third-order valence-corrected chi connectivity index (χ3v) is 4.92. The van der Waals surface area contributed by atoms with Gasteiger partial charge in [-0.2, -0.15) is 0 Å². The molecule has 2 saturated heterocycles. The maximum Gasteiger partial charge on any atom is 0.264 e. The highest BCUT2D eigenvalue weighted by Crippen LogP contribution is 2.32. The van der Waals surface area contributed by atoms with Crippen molar-refractivity contribution in [1.82, 2.24) is 15.0 Å². The summed E-state index contributed by atoms with van der Waals surface area (Å²) in [7, 11) is 0. The van der Waals surface area contributed by atoms with Crippen LogP contribution in [0.5, 0.6) is 0 Å². The van der Waals surface area contributed by atoms with Gasteiger partial charge in [0.25, 0.3) is 6.43 Å². The first-order valence-corrected chi connectivity index (χ1v) is 9.41. The lowest BCUT2D eigenvalue weighted by molar-refractivity contribution is 0.122. The number of pyridine rings is 1. The van der Waals surface area contributed by atoms with E-state index in [9.17, 15) is 8.78 Å². The van der Waals surface area contributed by atoms with Crippen LogP contribution in [-0.4, -0.2) is 67.6 Å².